The van der Waals surface area contributed by atoms with Crippen LogP contribution in [0.5, 0.6) is 0 Å². The molecule has 0 unspecified atom stereocenters. The molecule has 2 aliphatic rings. The molecule has 7 nitrogen and oxygen atoms in total. The zero-order valence-electron chi connectivity index (χ0n) is 17.8. The van der Waals surface area contributed by atoms with Crippen LogP contribution < -0.4 is 10.3 Å². The Hall–Kier alpha value is -3.00. The number of carbonyl (C=O) groups is 3. The Balaban J connectivity index is 1.34. The van der Waals surface area contributed by atoms with E-state index < -0.39 is 0 Å². The Morgan fingerprint density at radius 3 is 2.84 bits per heavy atom. The molecular formula is C23H26N4O3S. The smallest absolute Gasteiger partial charge is 0.267 e. The minimum atomic E-state index is -0.325. The third-order valence-corrected chi connectivity index (χ3v) is 6.70. The lowest BCUT2D eigenvalue weighted by Gasteiger charge is -2.27. The third kappa shape index (κ3) is 4.69. The van der Waals surface area contributed by atoms with Crippen molar-refractivity contribution in [2.75, 3.05) is 18.1 Å². The summed E-state index contributed by atoms with van der Waals surface area (Å²) in [7, 11) is 0. The quantitative estimate of drug-likeness (QED) is 0.779. The summed E-state index contributed by atoms with van der Waals surface area (Å²) < 4.78 is 0. The van der Waals surface area contributed by atoms with Gasteiger partial charge in [0, 0.05) is 43.8 Å². The molecule has 2 aliphatic heterocycles. The molecule has 1 aromatic carbocycles. The second-order valence-electron chi connectivity index (χ2n) is 7.98. The number of anilines is 1. The topological polar surface area (TPSA) is 82.1 Å². The normalized spacial score (nSPS) is 16.1. The van der Waals surface area contributed by atoms with E-state index in [0.717, 1.165) is 24.1 Å². The van der Waals surface area contributed by atoms with Crippen molar-refractivity contribution in [3.63, 3.8) is 0 Å². The highest BCUT2D eigenvalue weighted by Crippen LogP contribution is 2.26. The number of nitrogens with one attached hydrogen (secondary N) is 1. The van der Waals surface area contributed by atoms with Crippen molar-refractivity contribution in [2.24, 2.45) is 5.10 Å². The predicted molar refractivity (Wildman–Crippen MR) is 121 cm³/mol. The van der Waals surface area contributed by atoms with Crippen LogP contribution >= 0.6 is 11.3 Å². The first kappa shape index (κ1) is 21.2. The summed E-state index contributed by atoms with van der Waals surface area (Å²) in [5.41, 5.74) is 4.18. The fourth-order valence-corrected chi connectivity index (χ4v) is 4.75. The van der Waals surface area contributed by atoms with Gasteiger partial charge in [-0.25, -0.2) is 5.01 Å². The van der Waals surface area contributed by atoms with E-state index in [0.29, 0.717) is 24.4 Å². The van der Waals surface area contributed by atoms with Crippen molar-refractivity contribution in [1.82, 2.24) is 10.2 Å². The molecule has 4 rings (SSSR count). The molecule has 0 saturated carbocycles. The van der Waals surface area contributed by atoms with Gasteiger partial charge in [-0.1, -0.05) is 12.1 Å². The fraction of sp³-hybridized carbons (Fsp3) is 0.391. The highest BCUT2D eigenvalue weighted by molar-refractivity contribution is 7.10. The second kappa shape index (κ2) is 9.01. The van der Waals surface area contributed by atoms with E-state index in [4.69, 9.17) is 0 Å². The zero-order valence-corrected chi connectivity index (χ0v) is 18.6. The Morgan fingerprint density at radius 2 is 2.00 bits per heavy atom. The van der Waals surface area contributed by atoms with Gasteiger partial charge < -0.3 is 10.2 Å². The zero-order chi connectivity index (χ0) is 22.0. The summed E-state index contributed by atoms with van der Waals surface area (Å²) in [6.45, 7) is 5.48. The van der Waals surface area contributed by atoms with Crippen molar-refractivity contribution in [1.29, 1.82) is 0 Å². The molecule has 2 aromatic rings. The highest BCUT2D eigenvalue weighted by atomic mass is 32.1. The lowest BCUT2D eigenvalue weighted by atomic mass is 10.1. The fourth-order valence-electron chi connectivity index (χ4n) is 3.86. The Labute approximate surface area is 185 Å². The standard InChI is InChI=1S/C23H26N4O3S/c1-15-3-4-16(2)19(13-15)27-22(29)6-5-18(25-27)23(30)24-10-7-21(28)26-11-8-20-17(14-26)9-12-31-20/h3-4,9,12-13H,5-8,10-11,14H2,1-2H3,(H,24,30). The number of benzene rings is 1. The molecule has 1 aromatic heterocycles. The number of aryl methyl sites for hydroxylation is 2. The average molecular weight is 439 g/mol. The van der Waals surface area contributed by atoms with Crippen LogP contribution in [-0.2, 0) is 27.3 Å². The molecule has 0 fully saturated rings. The predicted octanol–water partition coefficient (Wildman–Crippen LogP) is 2.94. The van der Waals surface area contributed by atoms with Crippen molar-refractivity contribution in [3.05, 3.63) is 51.2 Å². The molecule has 1 N–H and O–H groups in total. The van der Waals surface area contributed by atoms with Gasteiger partial charge in [-0.15, -0.1) is 11.3 Å². The first-order valence-electron chi connectivity index (χ1n) is 10.5. The first-order valence-corrected chi connectivity index (χ1v) is 11.4. The van der Waals surface area contributed by atoms with Gasteiger partial charge in [0.25, 0.3) is 5.91 Å². The van der Waals surface area contributed by atoms with Gasteiger partial charge in [0.2, 0.25) is 11.8 Å². The van der Waals surface area contributed by atoms with Crippen LogP contribution in [0.15, 0.2) is 34.7 Å². The van der Waals surface area contributed by atoms with E-state index >= 15 is 0 Å². The Morgan fingerprint density at radius 1 is 1.16 bits per heavy atom. The van der Waals surface area contributed by atoms with Crippen LogP contribution in [0, 0.1) is 13.8 Å². The first-order chi connectivity index (χ1) is 14.9. The van der Waals surface area contributed by atoms with Crippen LogP contribution in [-0.4, -0.2) is 41.4 Å². The van der Waals surface area contributed by atoms with Gasteiger partial charge in [-0.2, -0.15) is 5.10 Å². The molecule has 162 valence electrons. The highest BCUT2D eigenvalue weighted by Gasteiger charge is 2.27. The number of amides is 3. The lowest BCUT2D eigenvalue weighted by molar-refractivity contribution is -0.132. The number of rotatable bonds is 5. The number of hydrogen-bond donors (Lipinski definition) is 1. The largest absolute Gasteiger partial charge is 0.350 e. The number of hydrazone groups is 1. The Bertz CT molecular complexity index is 1060. The molecule has 3 heterocycles. The van der Waals surface area contributed by atoms with E-state index in [2.05, 4.69) is 21.9 Å². The maximum absolute atomic E-state index is 12.6. The summed E-state index contributed by atoms with van der Waals surface area (Å²) in [5, 5.41) is 10.5. The molecule has 0 spiro atoms. The molecule has 31 heavy (non-hydrogen) atoms. The molecular weight excluding hydrogens is 412 g/mol. The number of carbonyl (C=O) groups excluding carboxylic acids is 3. The van der Waals surface area contributed by atoms with Crippen LogP contribution in [0.4, 0.5) is 5.69 Å². The van der Waals surface area contributed by atoms with Crippen molar-refractivity contribution < 1.29 is 14.4 Å². The van der Waals surface area contributed by atoms with Crippen molar-refractivity contribution in [2.45, 2.75) is 46.1 Å². The van der Waals surface area contributed by atoms with Crippen LogP contribution in [0.1, 0.15) is 40.8 Å². The van der Waals surface area contributed by atoms with Gasteiger partial charge in [0.1, 0.15) is 5.71 Å². The van der Waals surface area contributed by atoms with E-state index in [9.17, 15) is 14.4 Å². The number of thiophene rings is 1. The Kier molecular flexibility index (Phi) is 6.18. The maximum Gasteiger partial charge on any atom is 0.267 e. The molecule has 0 atom stereocenters. The maximum atomic E-state index is 12.6. The molecule has 0 bridgehead atoms. The minimum absolute atomic E-state index is 0.0370. The molecule has 0 saturated heterocycles. The summed E-state index contributed by atoms with van der Waals surface area (Å²) in [6, 6.07) is 7.88. The monoisotopic (exact) mass is 438 g/mol. The van der Waals surface area contributed by atoms with Crippen LogP contribution in [0.25, 0.3) is 0 Å². The third-order valence-electron chi connectivity index (χ3n) is 5.67. The number of hydrogen-bond acceptors (Lipinski definition) is 5. The van der Waals surface area contributed by atoms with E-state index in [1.165, 1.54) is 15.4 Å². The lowest BCUT2D eigenvalue weighted by Crippen LogP contribution is -2.41. The summed E-state index contributed by atoms with van der Waals surface area (Å²) in [6.07, 6.45) is 1.67. The SMILES string of the molecule is Cc1ccc(C)c(N2N=C(C(=O)NCCC(=O)N3CCc4sccc4C3)CCC2=O)c1. The number of nitrogens with zero attached hydrogens (tertiary/aromatic N) is 3. The average Bonchev–Trinajstić information content (AvgIpc) is 3.23. The number of fused-ring (bicyclic) bond motifs is 1. The molecule has 3 amide bonds. The van der Waals surface area contributed by atoms with E-state index in [1.54, 1.807) is 11.3 Å². The van der Waals surface area contributed by atoms with Crippen molar-refractivity contribution >= 4 is 40.5 Å². The van der Waals surface area contributed by atoms with Crippen molar-refractivity contribution in [3.8, 4) is 0 Å². The summed E-state index contributed by atoms with van der Waals surface area (Å²) >= 11 is 1.74. The molecule has 0 radical (unpaired) electrons. The summed E-state index contributed by atoms with van der Waals surface area (Å²) in [5.74, 6) is -0.414. The van der Waals surface area contributed by atoms with Gasteiger partial charge in [-0.3, -0.25) is 14.4 Å². The minimum Gasteiger partial charge on any atom is -0.350 e. The van der Waals surface area contributed by atoms with Crippen LogP contribution in [0.3, 0.4) is 0 Å². The van der Waals surface area contributed by atoms with E-state index in [-0.39, 0.29) is 37.1 Å². The van der Waals surface area contributed by atoms with E-state index in [1.807, 2.05) is 36.9 Å². The van der Waals surface area contributed by atoms with Gasteiger partial charge >= 0.3 is 0 Å². The van der Waals surface area contributed by atoms with Gasteiger partial charge in [0.15, 0.2) is 0 Å². The molecule has 0 aliphatic carbocycles. The second-order valence-corrected chi connectivity index (χ2v) is 8.98. The summed E-state index contributed by atoms with van der Waals surface area (Å²) in [4.78, 5) is 40.8. The molecule has 8 heteroatoms. The van der Waals surface area contributed by atoms with Crippen LogP contribution in [0.2, 0.25) is 0 Å². The van der Waals surface area contributed by atoms with Gasteiger partial charge in [-0.05, 0) is 54.5 Å². The van der Waals surface area contributed by atoms with Gasteiger partial charge in [0.05, 0.1) is 5.69 Å².